The monoisotopic (exact) mass is 263 g/mol. The lowest BCUT2D eigenvalue weighted by atomic mass is 9.80. The minimum Gasteiger partial charge on any atom is -0.313 e. The van der Waals surface area contributed by atoms with Gasteiger partial charge in [0.15, 0.2) is 0 Å². The van der Waals surface area contributed by atoms with E-state index in [9.17, 15) is 4.39 Å². The highest BCUT2D eigenvalue weighted by Gasteiger charge is 2.24. The lowest BCUT2D eigenvalue weighted by molar-refractivity contribution is 0.230. The maximum Gasteiger partial charge on any atom is 0.123 e. The molecule has 1 aliphatic rings. The van der Waals surface area contributed by atoms with Crippen molar-refractivity contribution in [2.75, 3.05) is 6.54 Å². The van der Waals surface area contributed by atoms with Crippen LogP contribution in [0.5, 0.6) is 0 Å². The Hall–Kier alpha value is -0.890. The SMILES string of the molecule is Cc1cc(F)ccc1CCNC1CC(C)CCC1C. The van der Waals surface area contributed by atoms with Crippen molar-refractivity contribution < 1.29 is 4.39 Å². The molecule has 1 aromatic carbocycles. The topological polar surface area (TPSA) is 12.0 Å². The second kappa shape index (κ2) is 6.51. The summed E-state index contributed by atoms with van der Waals surface area (Å²) in [6.45, 7) is 7.69. The summed E-state index contributed by atoms with van der Waals surface area (Å²) in [5, 5.41) is 3.70. The van der Waals surface area contributed by atoms with E-state index in [0.717, 1.165) is 30.4 Å². The van der Waals surface area contributed by atoms with Gasteiger partial charge in [0.05, 0.1) is 0 Å². The Balaban J connectivity index is 1.82. The first-order valence-corrected chi connectivity index (χ1v) is 7.54. The number of hydrogen-bond donors (Lipinski definition) is 1. The van der Waals surface area contributed by atoms with Gasteiger partial charge < -0.3 is 5.32 Å². The number of rotatable bonds is 4. The molecule has 19 heavy (non-hydrogen) atoms. The average Bonchev–Trinajstić information content (AvgIpc) is 2.36. The van der Waals surface area contributed by atoms with Crippen LogP contribution in [-0.4, -0.2) is 12.6 Å². The van der Waals surface area contributed by atoms with Gasteiger partial charge in [-0.1, -0.05) is 26.3 Å². The summed E-state index contributed by atoms with van der Waals surface area (Å²) in [6, 6.07) is 5.76. The quantitative estimate of drug-likeness (QED) is 0.862. The fraction of sp³-hybridized carbons (Fsp3) is 0.647. The van der Waals surface area contributed by atoms with E-state index in [2.05, 4.69) is 19.2 Å². The highest BCUT2D eigenvalue weighted by atomic mass is 19.1. The number of nitrogens with one attached hydrogen (secondary N) is 1. The van der Waals surface area contributed by atoms with Crippen molar-refractivity contribution in [3.05, 3.63) is 35.1 Å². The molecular weight excluding hydrogens is 237 g/mol. The third kappa shape index (κ3) is 4.04. The van der Waals surface area contributed by atoms with Crippen molar-refractivity contribution in [2.24, 2.45) is 11.8 Å². The van der Waals surface area contributed by atoms with Crippen molar-refractivity contribution in [2.45, 2.75) is 52.5 Å². The molecule has 0 heterocycles. The molecule has 0 aliphatic heterocycles. The van der Waals surface area contributed by atoms with Crippen LogP contribution in [0.3, 0.4) is 0 Å². The molecule has 2 heteroatoms. The van der Waals surface area contributed by atoms with Crippen molar-refractivity contribution in [1.82, 2.24) is 5.32 Å². The Morgan fingerprint density at radius 2 is 2.05 bits per heavy atom. The predicted molar refractivity (Wildman–Crippen MR) is 78.8 cm³/mol. The van der Waals surface area contributed by atoms with E-state index >= 15 is 0 Å². The maximum atomic E-state index is 13.0. The van der Waals surface area contributed by atoms with Crippen LogP contribution in [0.2, 0.25) is 0 Å². The first-order chi connectivity index (χ1) is 9.06. The van der Waals surface area contributed by atoms with Crippen molar-refractivity contribution in [3.8, 4) is 0 Å². The van der Waals surface area contributed by atoms with Crippen LogP contribution in [0.1, 0.15) is 44.2 Å². The standard InChI is InChI=1S/C17H26FN/c1-12-4-5-13(2)17(10-12)19-9-8-15-6-7-16(18)11-14(15)3/h6-7,11-13,17,19H,4-5,8-10H2,1-3H3. The van der Waals surface area contributed by atoms with Gasteiger partial charge >= 0.3 is 0 Å². The third-order valence-electron chi connectivity index (χ3n) is 4.56. The molecule has 0 bridgehead atoms. The smallest absolute Gasteiger partial charge is 0.123 e. The molecule has 0 radical (unpaired) electrons. The van der Waals surface area contributed by atoms with E-state index in [1.54, 1.807) is 12.1 Å². The number of benzene rings is 1. The second-order valence-corrected chi connectivity index (χ2v) is 6.28. The van der Waals surface area contributed by atoms with Gasteiger partial charge in [0.1, 0.15) is 5.82 Å². The van der Waals surface area contributed by atoms with Gasteiger partial charge in [-0.05, 0) is 67.8 Å². The predicted octanol–water partition coefficient (Wildman–Crippen LogP) is 4.09. The molecule has 1 saturated carbocycles. The highest BCUT2D eigenvalue weighted by Crippen LogP contribution is 2.28. The van der Waals surface area contributed by atoms with Gasteiger partial charge in [0.25, 0.3) is 0 Å². The van der Waals surface area contributed by atoms with E-state index in [-0.39, 0.29) is 5.82 Å². The lowest BCUT2D eigenvalue weighted by Gasteiger charge is -2.33. The van der Waals surface area contributed by atoms with E-state index in [1.165, 1.54) is 24.8 Å². The summed E-state index contributed by atoms with van der Waals surface area (Å²) in [4.78, 5) is 0. The Kier molecular flexibility index (Phi) is 4.98. The average molecular weight is 263 g/mol. The molecule has 1 aromatic rings. The fourth-order valence-corrected chi connectivity index (χ4v) is 3.15. The van der Waals surface area contributed by atoms with Crippen LogP contribution in [0.15, 0.2) is 18.2 Å². The summed E-state index contributed by atoms with van der Waals surface area (Å²) >= 11 is 0. The molecule has 1 fully saturated rings. The van der Waals surface area contributed by atoms with Gasteiger partial charge in [-0.15, -0.1) is 0 Å². The summed E-state index contributed by atoms with van der Waals surface area (Å²) in [6.07, 6.45) is 5.00. The van der Waals surface area contributed by atoms with Crippen molar-refractivity contribution >= 4 is 0 Å². The van der Waals surface area contributed by atoms with Gasteiger partial charge in [-0.25, -0.2) is 4.39 Å². The second-order valence-electron chi connectivity index (χ2n) is 6.28. The van der Waals surface area contributed by atoms with E-state index in [1.807, 2.05) is 13.0 Å². The molecule has 3 atom stereocenters. The zero-order valence-electron chi connectivity index (χ0n) is 12.4. The van der Waals surface area contributed by atoms with Crippen molar-refractivity contribution in [3.63, 3.8) is 0 Å². The number of halogens is 1. The Labute approximate surface area is 116 Å². The molecular formula is C17H26FN. The molecule has 3 unspecified atom stereocenters. The first kappa shape index (κ1) is 14.5. The van der Waals surface area contributed by atoms with E-state index in [0.29, 0.717) is 6.04 Å². The van der Waals surface area contributed by atoms with Crippen LogP contribution in [0, 0.1) is 24.6 Å². The molecule has 2 rings (SSSR count). The molecule has 0 spiro atoms. The van der Waals surface area contributed by atoms with Gasteiger partial charge in [-0.2, -0.15) is 0 Å². The third-order valence-corrected chi connectivity index (χ3v) is 4.56. The maximum absolute atomic E-state index is 13.0. The fourth-order valence-electron chi connectivity index (χ4n) is 3.15. The molecule has 1 aliphatic carbocycles. The molecule has 1 N–H and O–H groups in total. The molecule has 0 aromatic heterocycles. The summed E-state index contributed by atoms with van der Waals surface area (Å²) in [7, 11) is 0. The van der Waals surface area contributed by atoms with Gasteiger partial charge in [-0.3, -0.25) is 0 Å². The Morgan fingerprint density at radius 1 is 1.26 bits per heavy atom. The largest absolute Gasteiger partial charge is 0.313 e. The van der Waals surface area contributed by atoms with E-state index in [4.69, 9.17) is 0 Å². The van der Waals surface area contributed by atoms with Crippen LogP contribution in [0.4, 0.5) is 4.39 Å². The zero-order chi connectivity index (χ0) is 13.8. The molecule has 0 amide bonds. The van der Waals surface area contributed by atoms with Gasteiger partial charge in [0, 0.05) is 6.04 Å². The number of hydrogen-bond acceptors (Lipinski definition) is 1. The molecule has 0 saturated heterocycles. The first-order valence-electron chi connectivity index (χ1n) is 7.54. The molecule has 106 valence electrons. The van der Waals surface area contributed by atoms with Crippen LogP contribution >= 0.6 is 0 Å². The highest BCUT2D eigenvalue weighted by molar-refractivity contribution is 5.26. The van der Waals surface area contributed by atoms with Crippen molar-refractivity contribution in [1.29, 1.82) is 0 Å². The normalized spacial score (nSPS) is 27.5. The van der Waals surface area contributed by atoms with Crippen LogP contribution in [-0.2, 0) is 6.42 Å². The Morgan fingerprint density at radius 3 is 2.79 bits per heavy atom. The summed E-state index contributed by atoms with van der Waals surface area (Å²) < 4.78 is 13.0. The minimum atomic E-state index is -0.135. The summed E-state index contributed by atoms with van der Waals surface area (Å²) in [5.74, 6) is 1.50. The zero-order valence-corrected chi connectivity index (χ0v) is 12.4. The van der Waals surface area contributed by atoms with Gasteiger partial charge in [0.2, 0.25) is 0 Å². The van der Waals surface area contributed by atoms with Crippen LogP contribution in [0.25, 0.3) is 0 Å². The Bertz CT molecular complexity index is 416. The minimum absolute atomic E-state index is 0.135. The molecule has 1 nitrogen and oxygen atoms in total. The lowest BCUT2D eigenvalue weighted by Crippen LogP contribution is -2.40. The summed E-state index contributed by atoms with van der Waals surface area (Å²) in [5.41, 5.74) is 2.32. The number of aryl methyl sites for hydroxylation is 1. The van der Waals surface area contributed by atoms with E-state index < -0.39 is 0 Å². The van der Waals surface area contributed by atoms with Crippen LogP contribution < -0.4 is 5.32 Å².